The van der Waals surface area contributed by atoms with Crippen molar-refractivity contribution in [2.45, 2.75) is 58.0 Å². The highest BCUT2D eigenvalue weighted by molar-refractivity contribution is 5.96. The molecule has 0 aliphatic carbocycles. The number of nitrogens with zero attached hydrogens (tertiary/aromatic N) is 4. The first-order valence-electron chi connectivity index (χ1n) is 10.4. The molecule has 0 aromatic carbocycles. The lowest BCUT2D eigenvalue weighted by atomic mass is 10.0. The maximum absolute atomic E-state index is 12.7. The average Bonchev–Trinajstić information content (AvgIpc) is 3.35. The van der Waals surface area contributed by atoms with Gasteiger partial charge in [0.05, 0.1) is 18.4 Å². The summed E-state index contributed by atoms with van der Waals surface area (Å²) < 4.78 is 21.9. The Morgan fingerprint density at radius 2 is 1.86 bits per heavy atom. The molecule has 0 spiro atoms. The summed E-state index contributed by atoms with van der Waals surface area (Å²) in [7, 11) is 0. The van der Waals surface area contributed by atoms with Crippen LogP contribution in [0.5, 0.6) is 0 Å². The van der Waals surface area contributed by atoms with Gasteiger partial charge >= 0.3 is 0 Å². The highest BCUT2D eigenvalue weighted by Gasteiger charge is 2.28. The van der Waals surface area contributed by atoms with Gasteiger partial charge in [-0.2, -0.15) is 4.98 Å². The molecule has 0 atom stereocenters. The molecular formula is C20H28N4O5. The molecule has 9 nitrogen and oxygen atoms in total. The zero-order chi connectivity index (χ0) is 20.2. The van der Waals surface area contributed by atoms with E-state index in [4.69, 9.17) is 18.5 Å². The van der Waals surface area contributed by atoms with Gasteiger partial charge in [-0.15, -0.1) is 0 Å². The number of carbonyl (C=O) groups excluding carboxylic acids is 1. The predicted molar refractivity (Wildman–Crippen MR) is 102 cm³/mol. The summed E-state index contributed by atoms with van der Waals surface area (Å²) >= 11 is 0. The number of likely N-dealkylation sites (tertiary alicyclic amines) is 1. The minimum atomic E-state index is -0.00728. The fourth-order valence-corrected chi connectivity index (χ4v) is 3.97. The lowest BCUT2D eigenvalue weighted by molar-refractivity contribution is 0.00942. The van der Waals surface area contributed by atoms with E-state index in [1.165, 1.54) is 0 Å². The van der Waals surface area contributed by atoms with Gasteiger partial charge in [0.25, 0.3) is 5.91 Å². The third-order valence-corrected chi connectivity index (χ3v) is 5.71. The molecule has 0 saturated carbocycles. The van der Waals surface area contributed by atoms with E-state index in [1.807, 2.05) is 4.90 Å². The van der Waals surface area contributed by atoms with Gasteiger partial charge in [0, 0.05) is 38.6 Å². The standard InChI is InChI=1S/C20H28N4O5/c1-13-18(14(2)28-22-13)20(25)24-8-3-16(4-9-24)27-12-7-17-21-19(29-23-17)15-5-10-26-11-6-15/h15-16H,3-12H2,1-2H3. The number of amides is 1. The predicted octanol–water partition coefficient (Wildman–Crippen LogP) is 2.43. The molecule has 9 heteroatoms. The van der Waals surface area contributed by atoms with Gasteiger partial charge in [-0.1, -0.05) is 10.3 Å². The van der Waals surface area contributed by atoms with Crippen molar-refractivity contribution in [3.8, 4) is 0 Å². The van der Waals surface area contributed by atoms with Crippen molar-refractivity contribution >= 4 is 5.91 Å². The number of aryl methyl sites for hydroxylation is 2. The fourth-order valence-electron chi connectivity index (χ4n) is 3.97. The molecule has 0 N–H and O–H groups in total. The summed E-state index contributed by atoms with van der Waals surface area (Å²) in [4.78, 5) is 19.1. The fraction of sp³-hybridized carbons (Fsp3) is 0.700. The van der Waals surface area contributed by atoms with E-state index >= 15 is 0 Å². The lowest BCUT2D eigenvalue weighted by Crippen LogP contribution is -2.41. The second kappa shape index (κ2) is 9.04. The van der Waals surface area contributed by atoms with Crippen molar-refractivity contribution in [1.29, 1.82) is 0 Å². The van der Waals surface area contributed by atoms with Gasteiger partial charge in [0.1, 0.15) is 11.3 Å². The van der Waals surface area contributed by atoms with Gasteiger partial charge in [-0.05, 0) is 39.5 Å². The first kappa shape index (κ1) is 20.0. The molecule has 0 bridgehead atoms. The maximum atomic E-state index is 12.7. The number of hydrogen-bond donors (Lipinski definition) is 0. The molecule has 2 aliphatic heterocycles. The average molecular weight is 404 g/mol. The summed E-state index contributed by atoms with van der Waals surface area (Å²) in [6, 6.07) is 0. The van der Waals surface area contributed by atoms with E-state index in [2.05, 4.69) is 15.3 Å². The van der Waals surface area contributed by atoms with E-state index in [0.717, 1.165) is 44.8 Å². The number of ether oxygens (including phenoxy) is 2. The number of carbonyl (C=O) groups is 1. The molecule has 2 aliphatic rings. The third kappa shape index (κ3) is 4.67. The van der Waals surface area contributed by atoms with E-state index in [1.54, 1.807) is 13.8 Å². The molecule has 2 fully saturated rings. The van der Waals surface area contributed by atoms with Crippen molar-refractivity contribution in [2.24, 2.45) is 0 Å². The number of hydrogen-bond acceptors (Lipinski definition) is 8. The van der Waals surface area contributed by atoms with Crippen molar-refractivity contribution in [3.05, 3.63) is 28.7 Å². The van der Waals surface area contributed by atoms with E-state index in [9.17, 15) is 4.79 Å². The van der Waals surface area contributed by atoms with Crippen molar-refractivity contribution in [3.63, 3.8) is 0 Å². The van der Waals surface area contributed by atoms with Crippen molar-refractivity contribution in [2.75, 3.05) is 32.9 Å². The highest BCUT2D eigenvalue weighted by Crippen LogP contribution is 2.25. The minimum absolute atomic E-state index is 0.00728. The summed E-state index contributed by atoms with van der Waals surface area (Å²) in [6.07, 6.45) is 4.27. The Kier molecular flexibility index (Phi) is 6.25. The van der Waals surface area contributed by atoms with E-state index in [0.29, 0.717) is 54.9 Å². The van der Waals surface area contributed by atoms with Crippen LogP contribution in [0.25, 0.3) is 0 Å². The second-order valence-electron chi connectivity index (χ2n) is 7.75. The zero-order valence-corrected chi connectivity index (χ0v) is 17.1. The zero-order valence-electron chi connectivity index (χ0n) is 17.1. The number of rotatable bonds is 6. The topological polar surface area (TPSA) is 104 Å². The summed E-state index contributed by atoms with van der Waals surface area (Å²) in [5, 5.41) is 7.95. The SMILES string of the molecule is Cc1noc(C)c1C(=O)N1CCC(OCCc2noc(C3CCOCC3)n2)CC1. The minimum Gasteiger partial charge on any atom is -0.381 e. The third-order valence-electron chi connectivity index (χ3n) is 5.71. The maximum Gasteiger partial charge on any atom is 0.259 e. The first-order valence-corrected chi connectivity index (χ1v) is 10.4. The lowest BCUT2D eigenvalue weighted by Gasteiger charge is -2.31. The Morgan fingerprint density at radius 3 is 2.55 bits per heavy atom. The van der Waals surface area contributed by atoms with Crippen LogP contribution in [0.15, 0.2) is 9.05 Å². The number of aromatic nitrogens is 3. The van der Waals surface area contributed by atoms with Crippen LogP contribution in [-0.2, 0) is 15.9 Å². The van der Waals surface area contributed by atoms with Gasteiger partial charge in [-0.25, -0.2) is 0 Å². The van der Waals surface area contributed by atoms with Gasteiger partial charge < -0.3 is 23.4 Å². The molecule has 158 valence electrons. The van der Waals surface area contributed by atoms with Crippen LogP contribution in [0, 0.1) is 13.8 Å². The van der Waals surface area contributed by atoms with Crippen LogP contribution in [0.4, 0.5) is 0 Å². The monoisotopic (exact) mass is 404 g/mol. The Balaban J connectivity index is 1.20. The smallest absolute Gasteiger partial charge is 0.259 e. The van der Waals surface area contributed by atoms with Crippen LogP contribution in [-0.4, -0.2) is 65.1 Å². The molecule has 0 unspecified atom stereocenters. The second-order valence-corrected chi connectivity index (χ2v) is 7.75. The van der Waals surface area contributed by atoms with Crippen molar-refractivity contribution in [1.82, 2.24) is 20.2 Å². The van der Waals surface area contributed by atoms with Crippen molar-refractivity contribution < 1.29 is 23.3 Å². The van der Waals surface area contributed by atoms with Crippen LogP contribution < -0.4 is 0 Å². The Morgan fingerprint density at radius 1 is 1.10 bits per heavy atom. The van der Waals surface area contributed by atoms with Crippen LogP contribution in [0.1, 0.15) is 65.1 Å². The Bertz CT molecular complexity index is 799. The quantitative estimate of drug-likeness (QED) is 0.723. The molecule has 4 rings (SSSR count). The summed E-state index contributed by atoms with van der Waals surface area (Å²) in [6.45, 7) is 6.97. The van der Waals surface area contributed by atoms with Gasteiger partial charge in [0.15, 0.2) is 5.82 Å². The van der Waals surface area contributed by atoms with Gasteiger partial charge in [-0.3, -0.25) is 4.79 Å². The molecule has 2 saturated heterocycles. The van der Waals surface area contributed by atoms with E-state index in [-0.39, 0.29) is 12.0 Å². The van der Waals surface area contributed by atoms with Crippen LogP contribution in [0.3, 0.4) is 0 Å². The normalized spacial score (nSPS) is 19.0. The van der Waals surface area contributed by atoms with Crippen LogP contribution >= 0.6 is 0 Å². The summed E-state index contributed by atoms with van der Waals surface area (Å²) in [5.41, 5.74) is 1.23. The van der Waals surface area contributed by atoms with Crippen LogP contribution in [0.2, 0.25) is 0 Å². The van der Waals surface area contributed by atoms with Gasteiger partial charge in [0.2, 0.25) is 5.89 Å². The Hall–Kier alpha value is -2.26. The molecule has 2 aromatic heterocycles. The molecule has 2 aromatic rings. The molecular weight excluding hydrogens is 376 g/mol. The molecule has 0 radical (unpaired) electrons. The highest BCUT2D eigenvalue weighted by atomic mass is 16.5. The molecule has 29 heavy (non-hydrogen) atoms. The molecule has 1 amide bonds. The largest absolute Gasteiger partial charge is 0.381 e. The first-order chi connectivity index (χ1) is 14.1. The number of piperidine rings is 1. The van der Waals surface area contributed by atoms with E-state index < -0.39 is 0 Å². The molecule has 4 heterocycles. The Labute approximate surface area is 169 Å². The summed E-state index contributed by atoms with van der Waals surface area (Å²) in [5.74, 6) is 2.29.